The summed E-state index contributed by atoms with van der Waals surface area (Å²) in [4.78, 5) is 28.0. The highest BCUT2D eigenvalue weighted by Crippen LogP contribution is 2.19. The van der Waals surface area contributed by atoms with E-state index in [2.05, 4.69) is 9.71 Å². The van der Waals surface area contributed by atoms with E-state index in [0.29, 0.717) is 10.6 Å². The van der Waals surface area contributed by atoms with Crippen LogP contribution in [-0.4, -0.2) is 37.8 Å². The number of carbonyl (C=O) groups is 2. The fraction of sp³-hybridized carbons (Fsp3) is 0.238. The van der Waals surface area contributed by atoms with E-state index in [1.807, 2.05) is 12.1 Å². The van der Waals surface area contributed by atoms with E-state index in [1.54, 1.807) is 32.2 Å². The molecule has 0 radical (unpaired) electrons. The van der Waals surface area contributed by atoms with Crippen LogP contribution in [0.4, 0.5) is 0 Å². The molecule has 0 fully saturated rings. The molecule has 0 aliphatic heterocycles. The minimum atomic E-state index is -3.98. The number of hydrogen-bond acceptors (Lipinski definition) is 5. The zero-order chi connectivity index (χ0) is 21.9. The van der Waals surface area contributed by atoms with E-state index in [-0.39, 0.29) is 10.7 Å². The van der Waals surface area contributed by atoms with Gasteiger partial charge in [0.05, 0.1) is 4.90 Å². The molecule has 2 aromatic carbocycles. The van der Waals surface area contributed by atoms with E-state index < -0.39 is 34.6 Å². The van der Waals surface area contributed by atoms with Crippen molar-refractivity contribution in [3.8, 4) is 0 Å². The highest BCUT2D eigenvalue weighted by atomic mass is 35.5. The van der Waals surface area contributed by atoms with Crippen molar-refractivity contribution in [3.63, 3.8) is 0 Å². The van der Waals surface area contributed by atoms with Crippen molar-refractivity contribution in [1.29, 1.82) is 0 Å². The first-order chi connectivity index (χ1) is 14.2. The number of ether oxygens (including phenoxy) is 1. The second-order valence-corrected chi connectivity index (χ2v) is 9.23. The average molecular weight is 449 g/mol. The number of fused-ring (bicyclic) bond motifs is 1. The van der Waals surface area contributed by atoms with Gasteiger partial charge in [-0.05, 0) is 36.2 Å². The Hall–Kier alpha value is -2.68. The van der Waals surface area contributed by atoms with Crippen molar-refractivity contribution < 1.29 is 22.7 Å². The molecule has 0 amide bonds. The van der Waals surface area contributed by atoms with Gasteiger partial charge in [-0.25, -0.2) is 8.42 Å². The lowest BCUT2D eigenvalue weighted by Crippen LogP contribution is -2.45. The fourth-order valence-corrected chi connectivity index (χ4v) is 4.37. The topological polar surface area (TPSA) is 105 Å². The molecule has 0 bridgehead atoms. The zero-order valence-corrected chi connectivity index (χ0v) is 18.0. The molecule has 2 N–H and O–H groups in total. The molecular weight excluding hydrogens is 428 g/mol. The molecule has 0 spiro atoms. The summed E-state index contributed by atoms with van der Waals surface area (Å²) in [6.45, 7) is 2.86. The summed E-state index contributed by atoms with van der Waals surface area (Å²) in [6, 6.07) is 11.7. The van der Waals surface area contributed by atoms with Crippen LogP contribution < -0.4 is 4.72 Å². The number of benzene rings is 2. The van der Waals surface area contributed by atoms with Gasteiger partial charge in [0.15, 0.2) is 6.61 Å². The minimum Gasteiger partial charge on any atom is -0.456 e. The Labute approximate surface area is 179 Å². The van der Waals surface area contributed by atoms with E-state index >= 15 is 0 Å². The Morgan fingerprint density at radius 1 is 1.10 bits per heavy atom. The van der Waals surface area contributed by atoms with Crippen molar-refractivity contribution >= 4 is 44.3 Å². The quantitative estimate of drug-likeness (QED) is 0.405. The molecule has 9 heteroatoms. The van der Waals surface area contributed by atoms with Crippen LogP contribution in [0.5, 0.6) is 0 Å². The number of halogens is 1. The van der Waals surface area contributed by atoms with Gasteiger partial charge < -0.3 is 9.72 Å². The largest absolute Gasteiger partial charge is 0.456 e. The summed E-state index contributed by atoms with van der Waals surface area (Å²) in [7, 11) is -3.98. The number of aromatic nitrogens is 1. The van der Waals surface area contributed by atoms with Crippen molar-refractivity contribution in [1.82, 2.24) is 9.71 Å². The van der Waals surface area contributed by atoms with Gasteiger partial charge in [-0.15, -0.1) is 0 Å². The molecule has 1 unspecified atom stereocenters. The number of carbonyl (C=O) groups excluding carboxylic acids is 2. The predicted molar refractivity (Wildman–Crippen MR) is 114 cm³/mol. The Kier molecular flexibility index (Phi) is 6.60. The second kappa shape index (κ2) is 8.99. The smallest absolute Gasteiger partial charge is 0.324 e. The van der Waals surface area contributed by atoms with Crippen molar-refractivity contribution in [3.05, 3.63) is 65.3 Å². The number of Topliss-reactive ketones (excluding diaryl/α,β-unsaturated/α-hetero) is 1. The highest BCUT2D eigenvalue weighted by Gasteiger charge is 2.30. The number of rotatable bonds is 8. The van der Waals surface area contributed by atoms with E-state index in [0.717, 1.165) is 10.9 Å². The molecule has 7 nitrogen and oxygen atoms in total. The third-order valence-electron chi connectivity index (χ3n) is 4.56. The summed E-state index contributed by atoms with van der Waals surface area (Å²) in [6.07, 6.45) is 1.56. The standard InChI is InChI=1S/C21H21ClN2O5S/c1-13(2)20(24-30(27,28)15-9-7-14(22)8-10-15)21(26)29-12-19(25)17-11-23-18-6-4-3-5-16(17)18/h3-11,13,20,23-24H,12H2,1-2H3. The van der Waals surface area contributed by atoms with Crippen LogP contribution in [0.2, 0.25) is 5.02 Å². The Bertz CT molecular complexity index is 1170. The maximum Gasteiger partial charge on any atom is 0.324 e. The number of aromatic amines is 1. The van der Waals surface area contributed by atoms with Crippen LogP contribution in [0.3, 0.4) is 0 Å². The van der Waals surface area contributed by atoms with Gasteiger partial charge in [0.2, 0.25) is 15.8 Å². The van der Waals surface area contributed by atoms with Crippen molar-refractivity contribution in [2.45, 2.75) is 24.8 Å². The van der Waals surface area contributed by atoms with Gasteiger partial charge in [-0.1, -0.05) is 43.6 Å². The summed E-state index contributed by atoms with van der Waals surface area (Å²) in [5.41, 5.74) is 1.20. The number of sulfonamides is 1. The van der Waals surface area contributed by atoms with Gasteiger partial charge >= 0.3 is 5.97 Å². The van der Waals surface area contributed by atoms with Crippen LogP contribution in [0.25, 0.3) is 10.9 Å². The highest BCUT2D eigenvalue weighted by molar-refractivity contribution is 7.89. The summed E-state index contributed by atoms with van der Waals surface area (Å²) in [5.74, 6) is -1.61. The van der Waals surface area contributed by atoms with Gasteiger partial charge in [0.25, 0.3) is 0 Å². The summed E-state index contributed by atoms with van der Waals surface area (Å²) < 4.78 is 32.7. The zero-order valence-electron chi connectivity index (χ0n) is 16.4. The van der Waals surface area contributed by atoms with Crippen LogP contribution in [0, 0.1) is 5.92 Å². The maximum atomic E-state index is 12.6. The number of H-pyrrole nitrogens is 1. The number of nitrogens with one attached hydrogen (secondary N) is 2. The van der Waals surface area contributed by atoms with Gasteiger partial charge in [0, 0.05) is 27.7 Å². The first-order valence-electron chi connectivity index (χ1n) is 9.23. The second-order valence-electron chi connectivity index (χ2n) is 7.08. The Balaban J connectivity index is 1.69. The van der Waals surface area contributed by atoms with E-state index in [4.69, 9.17) is 16.3 Å². The van der Waals surface area contributed by atoms with Gasteiger partial charge in [-0.3, -0.25) is 9.59 Å². The number of hydrogen-bond donors (Lipinski definition) is 2. The normalized spacial score (nSPS) is 12.8. The monoisotopic (exact) mass is 448 g/mol. The van der Waals surface area contributed by atoms with E-state index in [9.17, 15) is 18.0 Å². The van der Waals surface area contributed by atoms with E-state index in [1.165, 1.54) is 24.3 Å². The molecule has 1 heterocycles. The maximum absolute atomic E-state index is 12.6. The molecule has 1 aromatic heterocycles. The van der Waals surface area contributed by atoms with Crippen LogP contribution in [0.15, 0.2) is 59.6 Å². The Morgan fingerprint density at radius 2 is 1.77 bits per heavy atom. The fourth-order valence-electron chi connectivity index (χ4n) is 2.91. The summed E-state index contributed by atoms with van der Waals surface area (Å²) in [5, 5.41) is 1.12. The lowest BCUT2D eigenvalue weighted by atomic mass is 10.1. The number of para-hydroxylation sites is 1. The predicted octanol–water partition coefficient (Wildman–Crippen LogP) is 3.55. The van der Waals surface area contributed by atoms with Crippen LogP contribution in [-0.2, 0) is 19.6 Å². The Morgan fingerprint density at radius 3 is 2.43 bits per heavy atom. The molecule has 158 valence electrons. The van der Waals surface area contributed by atoms with Gasteiger partial charge in [0.1, 0.15) is 6.04 Å². The molecule has 1 atom stereocenters. The number of esters is 1. The summed E-state index contributed by atoms with van der Waals surface area (Å²) >= 11 is 5.79. The minimum absolute atomic E-state index is 0.0276. The lowest BCUT2D eigenvalue weighted by Gasteiger charge is -2.20. The molecule has 3 aromatic rings. The first-order valence-corrected chi connectivity index (χ1v) is 11.1. The first kappa shape index (κ1) is 22.0. The molecule has 0 aliphatic carbocycles. The third kappa shape index (κ3) is 4.89. The average Bonchev–Trinajstić information content (AvgIpc) is 3.14. The molecular formula is C21H21ClN2O5S. The SMILES string of the molecule is CC(C)C(NS(=O)(=O)c1ccc(Cl)cc1)C(=O)OCC(=O)c1c[nH]c2ccccc12. The molecule has 3 rings (SSSR count). The van der Waals surface area contributed by atoms with Crippen LogP contribution in [0.1, 0.15) is 24.2 Å². The van der Waals surface area contributed by atoms with Gasteiger partial charge in [-0.2, -0.15) is 4.72 Å². The molecule has 0 saturated heterocycles. The lowest BCUT2D eigenvalue weighted by molar-refractivity contribution is -0.145. The van der Waals surface area contributed by atoms with Crippen molar-refractivity contribution in [2.24, 2.45) is 5.92 Å². The molecule has 30 heavy (non-hydrogen) atoms. The molecule has 0 aliphatic rings. The van der Waals surface area contributed by atoms with Crippen molar-refractivity contribution in [2.75, 3.05) is 6.61 Å². The molecule has 0 saturated carbocycles. The van der Waals surface area contributed by atoms with Crippen LogP contribution >= 0.6 is 11.6 Å². The third-order valence-corrected chi connectivity index (χ3v) is 6.27. The number of ketones is 1.